The van der Waals surface area contributed by atoms with Crippen LogP contribution in [-0.2, 0) is 9.84 Å². The first kappa shape index (κ1) is 16.1. The van der Waals surface area contributed by atoms with E-state index in [1.54, 1.807) is 12.1 Å². The molecule has 1 N–H and O–H groups in total. The average molecular weight is 344 g/mol. The molecule has 0 amide bonds. The fraction of sp³-hybridized carbons (Fsp3) is 0.0588. The first-order valence-electron chi connectivity index (χ1n) is 7.00. The van der Waals surface area contributed by atoms with Crippen LogP contribution < -0.4 is 5.43 Å². The molecule has 0 atom stereocenters. The topological polar surface area (TPSA) is 79.9 Å². The maximum atomic E-state index is 13.1. The standard InChI is InChI=1S/C17H13FN2O3S/c1-24(22,23)14-8-4-12(5-9-14)17-16(15(21)10-19-20-17)11-2-6-13(18)7-3-11/h2-10H,1H3,(H,20,21). The summed E-state index contributed by atoms with van der Waals surface area (Å²) >= 11 is 0. The summed E-state index contributed by atoms with van der Waals surface area (Å²) in [6.45, 7) is 0. The highest BCUT2D eigenvalue weighted by Gasteiger charge is 2.14. The smallest absolute Gasteiger partial charge is 0.208 e. The third-order valence-corrected chi connectivity index (χ3v) is 4.69. The van der Waals surface area contributed by atoms with Crippen molar-refractivity contribution in [3.05, 3.63) is 70.8 Å². The van der Waals surface area contributed by atoms with Crippen LogP contribution in [0.2, 0.25) is 0 Å². The van der Waals surface area contributed by atoms with Crippen molar-refractivity contribution in [1.82, 2.24) is 10.2 Å². The predicted molar refractivity (Wildman–Crippen MR) is 88.8 cm³/mol. The summed E-state index contributed by atoms with van der Waals surface area (Å²) < 4.78 is 36.2. The van der Waals surface area contributed by atoms with Gasteiger partial charge in [-0.2, -0.15) is 5.10 Å². The van der Waals surface area contributed by atoms with E-state index in [0.717, 1.165) is 12.5 Å². The normalized spacial score (nSPS) is 11.4. The first-order chi connectivity index (χ1) is 11.4. The molecule has 0 radical (unpaired) electrons. The van der Waals surface area contributed by atoms with E-state index in [1.807, 2.05) is 0 Å². The molecule has 0 aliphatic rings. The Labute approximate surface area is 137 Å². The van der Waals surface area contributed by atoms with Gasteiger partial charge in [-0.1, -0.05) is 24.3 Å². The maximum Gasteiger partial charge on any atom is 0.208 e. The molecule has 1 heterocycles. The van der Waals surface area contributed by atoms with E-state index in [1.165, 1.54) is 36.4 Å². The monoisotopic (exact) mass is 344 g/mol. The summed E-state index contributed by atoms with van der Waals surface area (Å²) in [5.41, 5.74) is 1.61. The van der Waals surface area contributed by atoms with Gasteiger partial charge in [-0.05, 0) is 29.8 Å². The molecule has 2 aromatic carbocycles. The Morgan fingerprint density at radius 3 is 2.12 bits per heavy atom. The first-order valence-corrected chi connectivity index (χ1v) is 8.89. The van der Waals surface area contributed by atoms with E-state index in [-0.39, 0.29) is 10.3 Å². The molecule has 24 heavy (non-hydrogen) atoms. The van der Waals surface area contributed by atoms with Gasteiger partial charge in [-0.3, -0.25) is 9.89 Å². The van der Waals surface area contributed by atoms with Gasteiger partial charge < -0.3 is 0 Å². The van der Waals surface area contributed by atoms with E-state index in [2.05, 4.69) is 10.2 Å². The lowest BCUT2D eigenvalue weighted by atomic mass is 10.00. The molecule has 0 saturated heterocycles. The second-order valence-corrected chi connectivity index (χ2v) is 7.30. The van der Waals surface area contributed by atoms with Crippen LogP contribution in [0.15, 0.2) is 64.4 Å². The molecular weight excluding hydrogens is 331 g/mol. The van der Waals surface area contributed by atoms with Gasteiger partial charge in [0, 0.05) is 11.8 Å². The zero-order valence-electron chi connectivity index (χ0n) is 12.7. The summed E-state index contributed by atoms with van der Waals surface area (Å²) in [4.78, 5) is 12.4. The number of benzene rings is 2. The molecule has 1 aromatic heterocycles. The van der Waals surface area contributed by atoms with Crippen molar-refractivity contribution in [3.8, 4) is 22.4 Å². The number of halogens is 1. The molecule has 3 rings (SSSR count). The number of sulfone groups is 1. The van der Waals surface area contributed by atoms with Crippen LogP contribution in [0.5, 0.6) is 0 Å². The van der Waals surface area contributed by atoms with Crippen molar-refractivity contribution in [2.75, 3.05) is 6.26 Å². The van der Waals surface area contributed by atoms with E-state index >= 15 is 0 Å². The Morgan fingerprint density at radius 1 is 0.958 bits per heavy atom. The molecule has 0 fully saturated rings. The van der Waals surface area contributed by atoms with Gasteiger partial charge in [0.05, 0.1) is 22.3 Å². The van der Waals surface area contributed by atoms with Crippen molar-refractivity contribution >= 4 is 9.84 Å². The number of nitrogens with zero attached hydrogens (tertiary/aromatic N) is 1. The van der Waals surface area contributed by atoms with E-state index in [4.69, 9.17) is 0 Å². The van der Waals surface area contributed by atoms with Gasteiger partial charge in [-0.15, -0.1) is 0 Å². The second-order valence-electron chi connectivity index (χ2n) is 5.29. The fourth-order valence-corrected chi connectivity index (χ4v) is 3.01. The molecular formula is C17H13FN2O3S. The Kier molecular flexibility index (Phi) is 4.02. The third-order valence-electron chi connectivity index (χ3n) is 3.56. The number of aromatic nitrogens is 2. The van der Waals surface area contributed by atoms with Gasteiger partial charge in [0.25, 0.3) is 0 Å². The van der Waals surface area contributed by atoms with Crippen molar-refractivity contribution in [2.24, 2.45) is 0 Å². The van der Waals surface area contributed by atoms with Gasteiger partial charge in [-0.25, -0.2) is 12.8 Å². The second kappa shape index (κ2) is 6.01. The number of H-pyrrole nitrogens is 1. The Balaban J connectivity index is 2.17. The summed E-state index contributed by atoms with van der Waals surface area (Å²) in [5, 5.41) is 6.58. The van der Waals surface area contributed by atoms with Gasteiger partial charge in [0.1, 0.15) is 5.82 Å². The Morgan fingerprint density at radius 2 is 1.54 bits per heavy atom. The highest BCUT2D eigenvalue weighted by atomic mass is 32.2. The molecule has 7 heteroatoms. The molecule has 122 valence electrons. The summed E-state index contributed by atoms with van der Waals surface area (Å²) in [6.07, 6.45) is 2.27. The number of hydrogen-bond acceptors (Lipinski definition) is 4. The zero-order valence-corrected chi connectivity index (χ0v) is 13.5. The molecule has 3 aromatic rings. The molecule has 0 aliphatic heterocycles. The largest absolute Gasteiger partial charge is 0.287 e. The summed E-state index contributed by atoms with van der Waals surface area (Å²) in [6, 6.07) is 11.7. The van der Waals surface area contributed by atoms with Gasteiger partial charge in [0.2, 0.25) is 5.43 Å². The fourth-order valence-electron chi connectivity index (χ4n) is 2.38. The van der Waals surface area contributed by atoms with Crippen LogP contribution in [0, 0.1) is 5.82 Å². The van der Waals surface area contributed by atoms with Gasteiger partial charge in [0.15, 0.2) is 9.84 Å². The van der Waals surface area contributed by atoms with Crippen LogP contribution in [0.25, 0.3) is 22.4 Å². The lowest BCUT2D eigenvalue weighted by Crippen LogP contribution is -2.09. The molecule has 0 aliphatic carbocycles. The quantitative estimate of drug-likeness (QED) is 0.792. The lowest BCUT2D eigenvalue weighted by molar-refractivity contribution is 0.602. The number of nitrogens with one attached hydrogen (secondary N) is 1. The molecule has 0 saturated carbocycles. The average Bonchev–Trinajstić information content (AvgIpc) is 2.55. The highest BCUT2D eigenvalue weighted by Crippen LogP contribution is 2.27. The summed E-state index contributed by atoms with van der Waals surface area (Å²) in [5.74, 6) is -0.400. The minimum atomic E-state index is -3.31. The number of aromatic amines is 1. The highest BCUT2D eigenvalue weighted by molar-refractivity contribution is 7.90. The van der Waals surface area contributed by atoms with Crippen LogP contribution in [0.4, 0.5) is 4.39 Å². The van der Waals surface area contributed by atoms with Crippen molar-refractivity contribution in [2.45, 2.75) is 4.90 Å². The van der Waals surface area contributed by atoms with Crippen molar-refractivity contribution in [3.63, 3.8) is 0 Å². The molecule has 0 bridgehead atoms. The van der Waals surface area contributed by atoms with Crippen molar-refractivity contribution < 1.29 is 12.8 Å². The van der Waals surface area contributed by atoms with Crippen molar-refractivity contribution in [1.29, 1.82) is 0 Å². The molecule has 0 unspecified atom stereocenters. The number of rotatable bonds is 3. The predicted octanol–water partition coefficient (Wildman–Crippen LogP) is 2.65. The van der Waals surface area contributed by atoms with Crippen LogP contribution in [0.1, 0.15) is 0 Å². The summed E-state index contributed by atoms with van der Waals surface area (Å²) in [7, 11) is -3.31. The van der Waals surface area contributed by atoms with Gasteiger partial charge >= 0.3 is 0 Å². The SMILES string of the molecule is CS(=O)(=O)c1ccc(-c2[nH]ncc(=O)c2-c2ccc(F)cc2)cc1. The van der Waals surface area contributed by atoms with E-state index in [0.29, 0.717) is 22.4 Å². The molecule has 5 nitrogen and oxygen atoms in total. The van der Waals surface area contributed by atoms with E-state index < -0.39 is 15.7 Å². The Hall–Kier alpha value is -2.80. The Bertz CT molecular complexity index is 1040. The maximum absolute atomic E-state index is 13.1. The molecule has 0 spiro atoms. The number of hydrogen-bond donors (Lipinski definition) is 1. The zero-order chi connectivity index (χ0) is 17.3. The van der Waals surface area contributed by atoms with Crippen LogP contribution >= 0.6 is 0 Å². The lowest BCUT2D eigenvalue weighted by Gasteiger charge is -2.09. The van der Waals surface area contributed by atoms with Crippen LogP contribution in [-0.4, -0.2) is 24.9 Å². The van der Waals surface area contributed by atoms with Crippen LogP contribution in [0.3, 0.4) is 0 Å². The minimum Gasteiger partial charge on any atom is -0.287 e. The minimum absolute atomic E-state index is 0.181. The third kappa shape index (κ3) is 3.11. The van der Waals surface area contributed by atoms with E-state index in [9.17, 15) is 17.6 Å².